The summed E-state index contributed by atoms with van der Waals surface area (Å²) in [5, 5.41) is 11.9. The number of aliphatic hydroxyl groups is 1. The number of carbonyl (C=O) groups is 1. The van der Waals surface area contributed by atoms with Gasteiger partial charge in [0.2, 0.25) is 5.91 Å². The van der Waals surface area contributed by atoms with Gasteiger partial charge in [-0.3, -0.25) is 4.79 Å². The highest BCUT2D eigenvalue weighted by Gasteiger charge is 2.09. The predicted octanol–water partition coefficient (Wildman–Crippen LogP) is 2.95. The summed E-state index contributed by atoms with van der Waals surface area (Å²) >= 11 is 0. The van der Waals surface area contributed by atoms with Gasteiger partial charge in [-0.2, -0.15) is 0 Å². The molecule has 0 aliphatic rings. The van der Waals surface area contributed by atoms with Gasteiger partial charge in [0.15, 0.2) is 0 Å². The van der Waals surface area contributed by atoms with E-state index < -0.39 is 0 Å². The van der Waals surface area contributed by atoms with Gasteiger partial charge in [-0.25, -0.2) is 0 Å². The largest absolute Gasteiger partial charge is 0.513 e. The molecule has 0 spiro atoms. The van der Waals surface area contributed by atoms with Gasteiger partial charge in [0.05, 0.1) is 5.76 Å². The lowest BCUT2D eigenvalue weighted by atomic mass is 10.1. The number of hydrogen-bond acceptors (Lipinski definition) is 2. The van der Waals surface area contributed by atoms with E-state index in [9.17, 15) is 4.79 Å². The summed E-state index contributed by atoms with van der Waals surface area (Å²) in [5.74, 6) is 0.742. The highest BCUT2D eigenvalue weighted by molar-refractivity contribution is 5.76. The first-order valence-electron chi connectivity index (χ1n) is 5.73. The average Bonchev–Trinajstić information content (AvgIpc) is 2.14. The third kappa shape index (κ3) is 8.09. The average molecular weight is 225 g/mol. The number of hydrogen-bond donors (Lipinski definition) is 2. The summed E-state index contributed by atoms with van der Waals surface area (Å²) in [7, 11) is 0. The van der Waals surface area contributed by atoms with Gasteiger partial charge in [-0.1, -0.05) is 19.9 Å². The van der Waals surface area contributed by atoms with Crippen molar-refractivity contribution in [1.29, 1.82) is 0 Å². The molecule has 0 saturated heterocycles. The van der Waals surface area contributed by atoms with Crippen LogP contribution in [0.1, 0.15) is 40.0 Å². The van der Waals surface area contributed by atoms with Crippen LogP contribution in [0.3, 0.4) is 0 Å². The van der Waals surface area contributed by atoms with Crippen LogP contribution in [0.25, 0.3) is 0 Å². The van der Waals surface area contributed by atoms with Gasteiger partial charge < -0.3 is 10.4 Å². The molecule has 0 aromatic heterocycles. The number of allylic oxidation sites excluding steroid dienone is 2. The predicted molar refractivity (Wildman–Crippen MR) is 67.2 cm³/mol. The number of nitrogens with one attached hydrogen (secondary N) is 1. The molecule has 0 saturated carbocycles. The molecule has 3 nitrogen and oxygen atoms in total. The van der Waals surface area contributed by atoms with Gasteiger partial charge in [-0.15, -0.1) is 6.58 Å². The molecule has 0 heterocycles. The van der Waals surface area contributed by atoms with Crippen LogP contribution in [0.2, 0.25) is 0 Å². The summed E-state index contributed by atoms with van der Waals surface area (Å²) in [6.45, 7) is 9.36. The minimum absolute atomic E-state index is 0.0122. The molecule has 0 bridgehead atoms. The molecule has 0 fully saturated rings. The second-order valence-corrected chi connectivity index (χ2v) is 4.43. The molecule has 0 rings (SSSR count). The first kappa shape index (κ1) is 14.8. The molecule has 0 radical (unpaired) electrons. The molecule has 0 aromatic rings. The Bertz CT molecular complexity index is 253. The van der Waals surface area contributed by atoms with Crippen LogP contribution in [0.15, 0.2) is 24.5 Å². The van der Waals surface area contributed by atoms with Crippen LogP contribution in [0.5, 0.6) is 0 Å². The minimum atomic E-state index is -0.0122. The lowest BCUT2D eigenvalue weighted by Crippen LogP contribution is -2.33. The first-order valence-corrected chi connectivity index (χ1v) is 5.73. The Balaban J connectivity index is 3.96. The van der Waals surface area contributed by atoms with E-state index in [1.807, 2.05) is 13.8 Å². The number of rotatable bonds is 7. The maximum absolute atomic E-state index is 11.5. The van der Waals surface area contributed by atoms with Gasteiger partial charge in [0, 0.05) is 12.5 Å². The van der Waals surface area contributed by atoms with Crippen LogP contribution in [0, 0.1) is 5.92 Å². The molecule has 16 heavy (non-hydrogen) atoms. The Morgan fingerprint density at radius 2 is 2.12 bits per heavy atom. The zero-order chi connectivity index (χ0) is 12.6. The molecule has 92 valence electrons. The van der Waals surface area contributed by atoms with Gasteiger partial charge in [-0.05, 0) is 31.8 Å². The standard InChI is InChI=1S/C13H23NO2/c1-5-12(8-6-7-11(4)15)14-13(16)9-10(2)3/h5,7,10,12,15H,1,6,8-9H2,2-4H3,(H,14,16)/b11-7+. The summed E-state index contributed by atoms with van der Waals surface area (Å²) in [6, 6.07) is -0.0122. The van der Waals surface area contributed by atoms with Crippen molar-refractivity contribution in [1.82, 2.24) is 5.32 Å². The molecular formula is C13H23NO2. The summed E-state index contributed by atoms with van der Waals surface area (Å²) < 4.78 is 0. The number of carbonyl (C=O) groups excluding carboxylic acids is 1. The van der Waals surface area contributed by atoms with Crippen LogP contribution in [-0.2, 0) is 4.79 Å². The van der Waals surface area contributed by atoms with E-state index in [4.69, 9.17) is 5.11 Å². The number of aliphatic hydroxyl groups excluding tert-OH is 1. The smallest absolute Gasteiger partial charge is 0.220 e. The van der Waals surface area contributed by atoms with Crippen molar-refractivity contribution in [3.05, 3.63) is 24.5 Å². The monoisotopic (exact) mass is 225 g/mol. The highest BCUT2D eigenvalue weighted by atomic mass is 16.3. The molecule has 0 aliphatic heterocycles. The third-order valence-electron chi connectivity index (χ3n) is 2.14. The molecule has 3 heteroatoms. The van der Waals surface area contributed by atoms with Crippen LogP contribution in [-0.4, -0.2) is 17.1 Å². The second-order valence-electron chi connectivity index (χ2n) is 4.43. The van der Waals surface area contributed by atoms with Crippen LogP contribution in [0.4, 0.5) is 0 Å². The Kier molecular flexibility index (Phi) is 7.34. The van der Waals surface area contributed by atoms with E-state index in [0.717, 1.165) is 12.8 Å². The summed E-state index contributed by atoms with van der Waals surface area (Å²) in [5.41, 5.74) is 0. The lowest BCUT2D eigenvalue weighted by molar-refractivity contribution is -0.122. The van der Waals surface area contributed by atoms with E-state index in [1.54, 1.807) is 19.1 Å². The fourth-order valence-corrected chi connectivity index (χ4v) is 1.36. The van der Waals surface area contributed by atoms with E-state index in [0.29, 0.717) is 18.1 Å². The van der Waals surface area contributed by atoms with Crippen molar-refractivity contribution < 1.29 is 9.90 Å². The number of amides is 1. The first-order chi connectivity index (χ1) is 7.45. The lowest BCUT2D eigenvalue weighted by Gasteiger charge is -2.14. The fourth-order valence-electron chi connectivity index (χ4n) is 1.36. The van der Waals surface area contributed by atoms with Crippen LogP contribution < -0.4 is 5.32 Å². The van der Waals surface area contributed by atoms with Crippen molar-refractivity contribution in [3.8, 4) is 0 Å². The van der Waals surface area contributed by atoms with Gasteiger partial charge in [0.25, 0.3) is 0 Å². The topological polar surface area (TPSA) is 49.3 Å². The molecule has 2 N–H and O–H groups in total. The molecule has 1 unspecified atom stereocenters. The van der Waals surface area contributed by atoms with E-state index in [1.165, 1.54) is 0 Å². The quantitative estimate of drug-likeness (QED) is 0.517. The van der Waals surface area contributed by atoms with E-state index in [2.05, 4.69) is 11.9 Å². The Morgan fingerprint density at radius 3 is 2.56 bits per heavy atom. The van der Waals surface area contributed by atoms with Crippen molar-refractivity contribution in [2.24, 2.45) is 5.92 Å². The maximum Gasteiger partial charge on any atom is 0.220 e. The van der Waals surface area contributed by atoms with Gasteiger partial charge >= 0.3 is 0 Å². The minimum Gasteiger partial charge on any atom is -0.513 e. The van der Waals surface area contributed by atoms with Crippen molar-refractivity contribution in [3.63, 3.8) is 0 Å². The second kappa shape index (κ2) is 7.97. The Hall–Kier alpha value is -1.25. The third-order valence-corrected chi connectivity index (χ3v) is 2.14. The molecule has 1 amide bonds. The normalized spacial score (nSPS) is 13.6. The maximum atomic E-state index is 11.5. The zero-order valence-corrected chi connectivity index (χ0v) is 10.5. The highest BCUT2D eigenvalue weighted by Crippen LogP contribution is 2.04. The zero-order valence-electron chi connectivity index (χ0n) is 10.5. The molecular weight excluding hydrogens is 202 g/mol. The van der Waals surface area contributed by atoms with Crippen molar-refractivity contribution >= 4 is 5.91 Å². The SMILES string of the molecule is C=CC(CC/C=C(\C)O)NC(=O)CC(C)C. The fraction of sp³-hybridized carbons (Fsp3) is 0.615. The van der Waals surface area contributed by atoms with Crippen molar-refractivity contribution in [2.75, 3.05) is 0 Å². The van der Waals surface area contributed by atoms with E-state index in [-0.39, 0.29) is 11.9 Å². The molecule has 0 aliphatic carbocycles. The molecule has 1 atom stereocenters. The van der Waals surface area contributed by atoms with Crippen molar-refractivity contribution in [2.45, 2.75) is 46.1 Å². The summed E-state index contributed by atoms with van der Waals surface area (Å²) in [4.78, 5) is 11.5. The van der Waals surface area contributed by atoms with Gasteiger partial charge in [0.1, 0.15) is 0 Å². The summed E-state index contributed by atoms with van der Waals surface area (Å²) in [6.07, 6.45) is 5.52. The Labute approximate surface area is 98.2 Å². The van der Waals surface area contributed by atoms with E-state index >= 15 is 0 Å². The van der Waals surface area contributed by atoms with Crippen LogP contribution >= 0.6 is 0 Å². The molecule has 0 aromatic carbocycles. The Morgan fingerprint density at radius 1 is 1.50 bits per heavy atom.